The number of amides is 1. The molecule has 2 aromatic heterocycles. The topological polar surface area (TPSA) is 84.1 Å². The van der Waals surface area contributed by atoms with Gasteiger partial charge in [-0.2, -0.15) is 0 Å². The molecule has 3 aromatic rings. The second-order valence-electron chi connectivity index (χ2n) is 4.72. The summed E-state index contributed by atoms with van der Waals surface area (Å²) in [6.07, 6.45) is 4.35. The van der Waals surface area contributed by atoms with Crippen LogP contribution in [-0.4, -0.2) is 28.8 Å². The second kappa shape index (κ2) is 6.10. The molecule has 3 rings (SSSR count). The number of anilines is 1. The van der Waals surface area contributed by atoms with Gasteiger partial charge in [0.1, 0.15) is 5.75 Å². The van der Waals surface area contributed by atoms with E-state index in [1.54, 1.807) is 18.2 Å². The smallest absolute Gasteiger partial charge is 0.296 e. The molecule has 0 aliphatic rings. The standard InChI is InChI=1S/C16H12ClN3O3/c1-23-13-4-2-3-12-14(13)9(7-19-12)15(21)16(22)20-11-5-6-18-8-10(11)17/h2-8,19H,1H3,(H,18,20,22). The summed E-state index contributed by atoms with van der Waals surface area (Å²) in [6.45, 7) is 0. The Hall–Kier alpha value is -2.86. The van der Waals surface area contributed by atoms with Crippen LogP contribution in [0.3, 0.4) is 0 Å². The van der Waals surface area contributed by atoms with Crippen LogP contribution in [0.1, 0.15) is 10.4 Å². The zero-order valence-corrected chi connectivity index (χ0v) is 12.8. The number of halogens is 1. The maximum Gasteiger partial charge on any atom is 0.296 e. The monoisotopic (exact) mass is 329 g/mol. The average Bonchev–Trinajstić information content (AvgIpc) is 3.00. The van der Waals surface area contributed by atoms with Crippen molar-refractivity contribution in [3.8, 4) is 5.75 Å². The minimum Gasteiger partial charge on any atom is -0.496 e. The van der Waals surface area contributed by atoms with Gasteiger partial charge in [-0.05, 0) is 18.2 Å². The highest BCUT2D eigenvalue weighted by atomic mass is 35.5. The highest BCUT2D eigenvalue weighted by molar-refractivity contribution is 6.49. The van der Waals surface area contributed by atoms with E-state index in [9.17, 15) is 9.59 Å². The lowest BCUT2D eigenvalue weighted by molar-refractivity contribution is -0.112. The van der Waals surface area contributed by atoms with Crippen molar-refractivity contribution in [3.63, 3.8) is 0 Å². The van der Waals surface area contributed by atoms with Gasteiger partial charge in [0.2, 0.25) is 0 Å². The summed E-state index contributed by atoms with van der Waals surface area (Å²) >= 11 is 5.93. The number of aromatic nitrogens is 2. The maximum absolute atomic E-state index is 12.5. The number of carbonyl (C=O) groups excluding carboxylic acids is 2. The Kier molecular flexibility index (Phi) is 3.99. The fourth-order valence-corrected chi connectivity index (χ4v) is 2.45. The van der Waals surface area contributed by atoms with Crippen molar-refractivity contribution in [3.05, 3.63) is 53.4 Å². The molecule has 0 fully saturated rings. The molecular formula is C16H12ClN3O3. The molecule has 0 aliphatic carbocycles. The molecule has 1 aromatic carbocycles. The number of ketones is 1. The number of hydrogen-bond donors (Lipinski definition) is 2. The third kappa shape index (κ3) is 2.76. The summed E-state index contributed by atoms with van der Waals surface area (Å²) in [7, 11) is 1.51. The molecule has 7 heteroatoms. The number of nitrogens with one attached hydrogen (secondary N) is 2. The number of Topliss-reactive ketones (excluding diaryl/α,β-unsaturated/α-hetero) is 1. The fraction of sp³-hybridized carbons (Fsp3) is 0.0625. The maximum atomic E-state index is 12.5. The van der Waals surface area contributed by atoms with E-state index in [2.05, 4.69) is 15.3 Å². The molecule has 2 heterocycles. The highest BCUT2D eigenvalue weighted by Crippen LogP contribution is 2.29. The van der Waals surface area contributed by atoms with E-state index in [-0.39, 0.29) is 10.6 Å². The summed E-state index contributed by atoms with van der Waals surface area (Å²) in [4.78, 5) is 31.4. The molecule has 6 nitrogen and oxygen atoms in total. The molecule has 1 amide bonds. The minimum absolute atomic E-state index is 0.236. The van der Waals surface area contributed by atoms with Crippen LogP contribution in [0.4, 0.5) is 5.69 Å². The van der Waals surface area contributed by atoms with Crippen molar-refractivity contribution in [2.45, 2.75) is 0 Å². The Morgan fingerprint density at radius 3 is 2.87 bits per heavy atom. The first-order chi connectivity index (χ1) is 11.1. The summed E-state index contributed by atoms with van der Waals surface area (Å²) in [6, 6.07) is 6.84. The first-order valence-electron chi connectivity index (χ1n) is 6.71. The molecule has 23 heavy (non-hydrogen) atoms. The Morgan fingerprint density at radius 2 is 2.13 bits per heavy atom. The van der Waals surface area contributed by atoms with E-state index in [4.69, 9.17) is 16.3 Å². The molecule has 0 atom stereocenters. The summed E-state index contributed by atoms with van der Waals surface area (Å²) in [5, 5.41) is 3.31. The van der Waals surface area contributed by atoms with Crippen molar-refractivity contribution >= 4 is 39.9 Å². The lowest BCUT2D eigenvalue weighted by Crippen LogP contribution is -2.23. The molecule has 0 unspecified atom stereocenters. The summed E-state index contributed by atoms with van der Waals surface area (Å²) in [5.74, 6) is -0.958. The molecule has 2 N–H and O–H groups in total. The predicted molar refractivity (Wildman–Crippen MR) is 87.1 cm³/mol. The van der Waals surface area contributed by atoms with Crippen molar-refractivity contribution in [1.29, 1.82) is 0 Å². The van der Waals surface area contributed by atoms with Crippen LogP contribution in [0, 0.1) is 0 Å². The van der Waals surface area contributed by atoms with E-state index in [0.717, 1.165) is 0 Å². The van der Waals surface area contributed by atoms with Crippen molar-refractivity contribution in [1.82, 2.24) is 9.97 Å². The van der Waals surface area contributed by atoms with Gasteiger partial charge in [-0.15, -0.1) is 0 Å². The van der Waals surface area contributed by atoms with Gasteiger partial charge in [0.05, 0.1) is 28.8 Å². The lowest BCUT2D eigenvalue weighted by Gasteiger charge is -2.06. The molecule has 116 valence electrons. The highest BCUT2D eigenvalue weighted by Gasteiger charge is 2.22. The number of aromatic amines is 1. The van der Waals surface area contributed by atoms with Crippen LogP contribution in [0.25, 0.3) is 10.9 Å². The number of carbonyl (C=O) groups is 2. The fourth-order valence-electron chi connectivity index (χ4n) is 2.28. The number of rotatable bonds is 4. The Labute approximate surface area is 136 Å². The molecule has 0 saturated carbocycles. The molecule has 0 spiro atoms. The van der Waals surface area contributed by atoms with Crippen LogP contribution in [0.15, 0.2) is 42.9 Å². The minimum atomic E-state index is -0.787. The zero-order chi connectivity index (χ0) is 16.4. The number of hydrogen-bond acceptors (Lipinski definition) is 4. The van der Waals surface area contributed by atoms with Crippen LogP contribution >= 0.6 is 11.6 Å². The Bertz CT molecular complexity index is 904. The number of pyridine rings is 1. The summed E-state index contributed by atoms with van der Waals surface area (Å²) in [5.41, 5.74) is 1.27. The van der Waals surface area contributed by atoms with Gasteiger partial charge in [-0.3, -0.25) is 14.6 Å². The van der Waals surface area contributed by atoms with Crippen LogP contribution in [-0.2, 0) is 4.79 Å². The van der Waals surface area contributed by atoms with Crippen LogP contribution < -0.4 is 10.1 Å². The average molecular weight is 330 g/mol. The normalized spacial score (nSPS) is 10.5. The largest absolute Gasteiger partial charge is 0.496 e. The molecule has 0 radical (unpaired) electrons. The molecule has 0 saturated heterocycles. The predicted octanol–water partition coefficient (Wildman–Crippen LogP) is 3.05. The van der Waals surface area contributed by atoms with Gasteiger partial charge >= 0.3 is 0 Å². The van der Waals surface area contributed by atoms with Crippen LogP contribution in [0.5, 0.6) is 5.75 Å². The van der Waals surface area contributed by atoms with Crippen molar-refractivity contribution in [2.24, 2.45) is 0 Å². The van der Waals surface area contributed by atoms with Gasteiger partial charge in [0, 0.05) is 24.1 Å². The van der Waals surface area contributed by atoms with Crippen molar-refractivity contribution in [2.75, 3.05) is 12.4 Å². The third-order valence-corrected chi connectivity index (χ3v) is 3.66. The SMILES string of the molecule is COc1cccc2[nH]cc(C(=O)C(=O)Nc3ccncc3Cl)c12. The molecule has 0 bridgehead atoms. The number of fused-ring (bicyclic) bond motifs is 1. The Morgan fingerprint density at radius 1 is 1.30 bits per heavy atom. The third-order valence-electron chi connectivity index (χ3n) is 3.36. The number of methoxy groups -OCH3 is 1. The second-order valence-corrected chi connectivity index (χ2v) is 5.13. The van der Waals surface area contributed by atoms with E-state index in [0.29, 0.717) is 22.3 Å². The zero-order valence-electron chi connectivity index (χ0n) is 12.1. The van der Waals surface area contributed by atoms with Crippen molar-refractivity contribution < 1.29 is 14.3 Å². The van der Waals surface area contributed by atoms with E-state index < -0.39 is 11.7 Å². The quantitative estimate of drug-likeness (QED) is 0.569. The van der Waals surface area contributed by atoms with E-state index >= 15 is 0 Å². The first kappa shape index (κ1) is 15.1. The van der Waals surface area contributed by atoms with Gasteiger partial charge in [0.15, 0.2) is 0 Å². The van der Waals surface area contributed by atoms with Gasteiger partial charge in [0.25, 0.3) is 11.7 Å². The summed E-state index contributed by atoms with van der Waals surface area (Å²) < 4.78 is 5.26. The number of benzene rings is 1. The van der Waals surface area contributed by atoms with E-state index in [1.165, 1.54) is 31.8 Å². The number of ether oxygens (including phenoxy) is 1. The molecule has 0 aliphatic heterocycles. The number of H-pyrrole nitrogens is 1. The molecular weight excluding hydrogens is 318 g/mol. The van der Waals surface area contributed by atoms with Crippen LogP contribution in [0.2, 0.25) is 5.02 Å². The van der Waals surface area contributed by atoms with Gasteiger partial charge < -0.3 is 15.0 Å². The van der Waals surface area contributed by atoms with E-state index in [1.807, 2.05) is 0 Å². The Balaban J connectivity index is 1.94. The lowest BCUT2D eigenvalue weighted by atomic mass is 10.1. The van der Waals surface area contributed by atoms with Gasteiger partial charge in [-0.25, -0.2) is 0 Å². The van der Waals surface area contributed by atoms with Gasteiger partial charge in [-0.1, -0.05) is 17.7 Å². The first-order valence-corrected chi connectivity index (χ1v) is 7.09. The number of nitrogens with zero attached hydrogens (tertiary/aromatic N) is 1.